The van der Waals surface area contributed by atoms with Crippen LogP contribution in [0, 0.1) is 0 Å². The van der Waals surface area contributed by atoms with Gasteiger partial charge in [0.2, 0.25) is 0 Å². The summed E-state index contributed by atoms with van der Waals surface area (Å²) in [4.78, 5) is 0. The second kappa shape index (κ2) is 20.7. The molecule has 200 valence electrons. The molecule has 2 aromatic carbocycles. The topological polar surface area (TPSA) is 61.0 Å². The zero-order chi connectivity index (χ0) is 23.7. The summed E-state index contributed by atoms with van der Waals surface area (Å²) < 4.78 is 21.3. The summed E-state index contributed by atoms with van der Waals surface area (Å²) in [6.07, 6.45) is 8.33. The molecule has 6 nitrogen and oxygen atoms in total. The summed E-state index contributed by atoms with van der Waals surface area (Å²) >= 11 is 0. The maximum absolute atomic E-state index is 5.37. The van der Waals surface area contributed by atoms with Gasteiger partial charge in [0.25, 0.3) is 0 Å². The lowest BCUT2D eigenvalue weighted by molar-refractivity contribution is 0.354. The van der Waals surface area contributed by atoms with Gasteiger partial charge in [0.15, 0.2) is 23.0 Å². The van der Waals surface area contributed by atoms with Gasteiger partial charge in [-0.05, 0) is 87.3 Å². The minimum absolute atomic E-state index is 0. The highest BCUT2D eigenvalue weighted by molar-refractivity contribution is 8.93. The van der Waals surface area contributed by atoms with Crippen LogP contribution in [0.4, 0.5) is 0 Å². The van der Waals surface area contributed by atoms with E-state index < -0.39 is 0 Å². The minimum Gasteiger partial charge on any atom is -0.493 e. The number of hydrogen-bond acceptors (Lipinski definition) is 6. The van der Waals surface area contributed by atoms with Gasteiger partial charge in [0.1, 0.15) is 0 Å². The molecule has 0 aliphatic rings. The van der Waals surface area contributed by atoms with Crippen molar-refractivity contribution in [3.05, 3.63) is 47.5 Å². The molecule has 0 amide bonds. The van der Waals surface area contributed by atoms with Crippen LogP contribution >= 0.6 is 34.0 Å². The van der Waals surface area contributed by atoms with E-state index in [9.17, 15) is 0 Å². The van der Waals surface area contributed by atoms with Gasteiger partial charge in [-0.2, -0.15) is 0 Å². The molecular formula is C27H44Br2N2O4. The molecule has 0 saturated carbocycles. The van der Waals surface area contributed by atoms with Gasteiger partial charge in [-0.25, -0.2) is 0 Å². The Hall–Kier alpha value is -1.48. The van der Waals surface area contributed by atoms with Gasteiger partial charge < -0.3 is 29.6 Å². The van der Waals surface area contributed by atoms with E-state index in [2.05, 4.69) is 34.9 Å². The number of halogens is 2. The highest BCUT2D eigenvalue weighted by atomic mass is 79.9. The summed E-state index contributed by atoms with van der Waals surface area (Å²) in [5.41, 5.74) is 2.53. The van der Waals surface area contributed by atoms with Crippen LogP contribution < -0.4 is 29.6 Å². The lowest BCUT2D eigenvalue weighted by Gasteiger charge is -2.10. The molecular weight excluding hydrogens is 576 g/mol. The fourth-order valence-corrected chi connectivity index (χ4v) is 3.82. The van der Waals surface area contributed by atoms with Crippen LogP contribution in [0.25, 0.3) is 0 Å². The Morgan fingerprint density at radius 1 is 0.486 bits per heavy atom. The van der Waals surface area contributed by atoms with Crippen LogP contribution in [0.3, 0.4) is 0 Å². The Labute approximate surface area is 233 Å². The van der Waals surface area contributed by atoms with E-state index in [4.69, 9.17) is 18.9 Å². The van der Waals surface area contributed by atoms with E-state index in [1.807, 2.05) is 12.1 Å². The third-order valence-electron chi connectivity index (χ3n) is 5.78. The Balaban J connectivity index is 0.00000578. The van der Waals surface area contributed by atoms with Gasteiger partial charge in [0.05, 0.1) is 28.4 Å². The van der Waals surface area contributed by atoms with Gasteiger partial charge in [-0.15, -0.1) is 34.0 Å². The quantitative estimate of drug-likeness (QED) is 0.206. The molecule has 0 aromatic heterocycles. The average Bonchev–Trinajstić information content (AvgIpc) is 2.86. The molecule has 2 rings (SSSR count). The highest BCUT2D eigenvalue weighted by Crippen LogP contribution is 2.28. The molecule has 35 heavy (non-hydrogen) atoms. The Morgan fingerprint density at radius 2 is 0.857 bits per heavy atom. The van der Waals surface area contributed by atoms with E-state index in [1.54, 1.807) is 28.4 Å². The van der Waals surface area contributed by atoms with Crippen molar-refractivity contribution in [1.29, 1.82) is 0 Å². The van der Waals surface area contributed by atoms with Crippen molar-refractivity contribution in [2.24, 2.45) is 0 Å². The molecule has 0 heterocycles. The summed E-state index contributed by atoms with van der Waals surface area (Å²) in [6.45, 7) is 4.13. The van der Waals surface area contributed by atoms with Crippen LogP contribution in [-0.2, 0) is 12.8 Å². The normalized spacial score (nSPS) is 10.2. The number of unbranched alkanes of at least 4 members (excludes halogenated alkanes) is 4. The first-order chi connectivity index (χ1) is 16.2. The third-order valence-corrected chi connectivity index (χ3v) is 5.78. The number of hydrogen-bond donors (Lipinski definition) is 2. The van der Waals surface area contributed by atoms with Gasteiger partial charge >= 0.3 is 0 Å². The maximum Gasteiger partial charge on any atom is 0.160 e. The first-order valence-corrected chi connectivity index (χ1v) is 12.0. The summed E-state index contributed by atoms with van der Waals surface area (Å²) in [5, 5.41) is 7.10. The van der Waals surface area contributed by atoms with Crippen molar-refractivity contribution in [2.45, 2.75) is 44.9 Å². The Bertz CT molecular complexity index is 743. The van der Waals surface area contributed by atoms with Crippen LogP contribution in [0.1, 0.15) is 43.2 Å². The number of nitrogens with one attached hydrogen (secondary N) is 2. The number of ether oxygens (including phenoxy) is 4. The largest absolute Gasteiger partial charge is 0.493 e. The monoisotopic (exact) mass is 618 g/mol. The molecule has 0 atom stereocenters. The average molecular weight is 620 g/mol. The van der Waals surface area contributed by atoms with E-state index in [0.717, 1.165) is 62.0 Å². The van der Waals surface area contributed by atoms with Crippen LogP contribution in [-0.4, -0.2) is 54.6 Å². The first-order valence-electron chi connectivity index (χ1n) is 12.0. The van der Waals surface area contributed by atoms with Crippen molar-refractivity contribution in [2.75, 3.05) is 54.6 Å². The van der Waals surface area contributed by atoms with Crippen molar-refractivity contribution >= 4 is 34.0 Å². The first kappa shape index (κ1) is 33.5. The zero-order valence-electron chi connectivity index (χ0n) is 21.7. The molecule has 0 fully saturated rings. The van der Waals surface area contributed by atoms with Crippen LogP contribution in [0.2, 0.25) is 0 Å². The van der Waals surface area contributed by atoms with Gasteiger partial charge in [0, 0.05) is 0 Å². The smallest absolute Gasteiger partial charge is 0.160 e. The number of benzene rings is 2. The lowest BCUT2D eigenvalue weighted by Crippen LogP contribution is -2.19. The molecule has 0 saturated heterocycles. The number of rotatable bonds is 18. The number of methoxy groups -OCH3 is 4. The van der Waals surface area contributed by atoms with Crippen molar-refractivity contribution < 1.29 is 18.9 Å². The van der Waals surface area contributed by atoms with Crippen LogP contribution in [0.15, 0.2) is 36.4 Å². The third kappa shape index (κ3) is 12.9. The molecule has 0 unspecified atom stereocenters. The minimum atomic E-state index is 0. The van der Waals surface area contributed by atoms with E-state index in [-0.39, 0.29) is 34.0 Å². The maximum atomic E-state index is 5.37. The lowest BCUT2D eigenvalue weighted by atomic mass is 10.1. The zero-order valence-corrected chi connectivity index (χ0v) is 25.1. The molecule has 0 aliphatic heterocycles. The second-order valence-electron chi connectivity index (χ2n) is 8.15. The Kier molecular flexibility index (Phi) is 19.8. The van der Waals surface area contributed by atoms with Gasteiger partial charge in [-0.3, -0.25) is 0 Å². The van der Waals surface area contributed by atoms with Gasteiger partial charge in [-0.1, -0.05) is 31.4 Å². The van der Waals surface area contributed by atoms with Crippen molar-refractivity contribution in [1.82, 2.24) is 10.6 Å². The second-order valence-corrected chi connectivity index (χ2v) is 8.15. The fraction of sp³-hybridized carbons (Fsp3) is 0.556. The standard InChI is InChI=1S/C27H42N2O4.2BrH/c1-30-24-12-10-22(20-26(24)32-3)14-18-28-16-8-6-5-7-9-17-29-19-15-23-11-13-25(31-2)27(21-23)33-4;;/h10-13,20-21,28-29H,5-9,14-19H2,1-4H3;2*1H. The van der Waals surface area contributed by atoms with E-state index >= 15 is 0 Å². The highest BCUT2D eigenvalue weighted by Gasteiger charge is 2.05. The summed E-state index contributed by atoms with van der Waals surface area (Å²) in [7, 11) is 6.68. The SMILES string of the molecule is Br.Br.COc1ccc(CCNCCCCCCCNCCc2ccc(OC)c(OC)c2)cc1OC. The molecule has 0 spiro atoms. The fourth-order valence-electron chi connectivity index (χ4n) is 3.82. The van der Waals surface area contributed by atoms with E-state index in [0.29, 0.717) is 0 Å². The Morgan fingerprint density at radius 3 is 1.23 bits per heavy atom. The van der Waals surface area contributed by atoms with Crippen molar-refractivity contribution in [3.8, 4) is 23.0 Å². The molecule has 2 aromatic rings. The predicted molar refractivity (Wildman–Crippen MR) is 156 cm³/mol. The van der Waals surface area contributed by atoms with Crippen LogP contribution in [0.5, 0.6) is 23.0 Å². The molecule has 2 N–H and O–H groups in total. The molecule has 0 radical (unpaired) electrons. The van der Waals surface area contributed by atoms with Crippen molar-refractivity contribution in [3.63, 3.8) is 0 Å². The predicted octanol–water partition coefficient (Wildman–Crippen LogP) is 5.79. The summed E-state index contributed by atoms with van der Waals surface area (Å²) in [5.74, 6) is 3.15. The molecule has 8 heteroatoms. The van der Waals surface area contributed by atoms with E-state index in [1.165, 1.54) is 43.2 Å². The summed E-state index contributed by atoms with van der Waals surface area (Å²) in [6, 6.07) is 12.3. The molecule has 0 bridgehead atoms. The molecule has 0 aliphatic carbocycles.